The Morgan fingerprint density at radius 2 is 2.20 bits per heavy atom. The van der Waals surface area contributed by atoms with Gasteiger partial charge in [0, 0.05) is 30.9 Å². The van der Waals surface area contributed by atoms with Crippen LogP contribution in [0.2, 0.25) is 0 Å². The minimum atomic E-state index is -0.173. The Bertz CT molecular complexity index is 859. The molecule has 132 valence electrons. The number of imidazole rings is 1. The third-order valence-electron chi connectivity index (χ3n) is 4.18. The van der Waals surface area contributed by atoms with Gasteiger partial charge in [-0.05, 0) is 31.0 Å². The predicted octanol–water partition coefficient (Wildman–Crippen LogP) is 3.32. The number of aromatic amines is 1. The monoisotopic (exact) mass is 359 g/mol. The van der Waals surface area contributed by atoms with Crippen molar-refractivity contribution in [2.45, 2.75) is 20.4 Å². The second kappa shape index (κ2) is 7.62. The first-order valence-corrected chi connectivity index (χ1v) is 8.84. The molecule has 0 bridgehead atoms. The van der Waals surface area contributed by atoms with Gasteiger partial charge in [0.1, 0.15) is 5.01 Å². The molecular weight excluding hydrogens is 338 g/mol. The van der Waals surface area contributed by atoms with Crippen molar-refractivity contribution in [3.63, 3.8) is 0 Å². The number of methoxy groups -OCH3 is 1. The Hall–Kier alpha value is -2.45. The minimum Gasteiger partial charge on any atom is -0.383 e. The van der Waals surface area contributed by atoms with E-state index in [0.29, 0.717) is 19.7 Å². The number of anilines is 1. The number of aryl methyl sites for hydroxylation is 1. The highest BCUT2D eigenvalue weighted by atomic mass is 32.1. The predicted molar refractivity (Wildman–Crippen MR) is 99.0 cm³/mol. The van der Waals surface area contributed by atoms with Gasteiger partial charge in [0.05, 0.1) is 30.5 Å². The molecule has 0 radical (unpaired) electrons. The molecule has 3 aromatic rings. The van der Waals surface area contributed by atoms with Crippen LogP contribution in [-0.4, -0.2) is 46.1 Å². The zero-order chi connectivity index (χ0) is 17.8. The number of rotatable bonds is 6. The quantitative estimate of drug-likeness (QED) is 0.707. The van der Waals surface area contributed by atoms with E-state index in [0.717, 1.165) is 32.9 Å². The Morgan fingerprint density at radius 3 is 2.92 bits per heavy atom. The van der Waals surface area contributed by atoms with Crippen LogP contribution in [0.25, 0.3) is 11.0 Å². The first-order chi connectivity index (χ1) is 12.1. The van der Waals surface area contributed by atoms with Crippen LogP contribution in [0.4, 0.5) is 10.5 Å². The van der Waals surface area contributed by atoms with E-state index < -0.39 is 0 Å². The summed E-state index contributed by atoms with van der Waals surface area (Å²) in [6.07, 6.45) is 3.40. The van der Waals surface area contributed by atoms with E-state index in [1.807, 2.05) is 25.3 Å². The number of hydrogen-bond acceptors (Lipinski definition) is 5. The number of ether oxygens (including phenoxy) is 1. The summed E-state index contributed by atoms with van der Waals surface area (Å²) in [4.78, 5) is 26.2. The zero-order valence-electron chi connectivity index (χ0n) is 14.5. The number of nitrogens with zero attached hydrogens (tertiary/aromatic N) is 3. The van der Waals surface area contributed by atoms with E-state index in [9.17, 15) is 4.79 Å². The number of carbonyl (C=O) groups is 1. The van der Waals surface area contributed by atoms with Gasteiger partial charge in [-0.15, -0.1) is 11.3 Å². The fourth-order valence-electron chi connectivity index (χ4n) is 2.62. The molecule has 0 aliphatic rings. The second-order valence-electron chi connectivity index (χ2n) is 5.74. The third kappa shape index (κ3) is 3.80. The Labute approximate surface area is 150 Å². The second-order valence-corrected chi connectivity index (χ2v) is 6.72. The SMILES string of the molecule is COCCN(Cc1nccs1)C(=O)Nc1cc2[nH]cnc2c(C)c1C. The number of H-pyrrole nitrogens is 1. The van der Waals surface area contributed by atoms with Crippen LogP contribution in [-0.2, 0) is 11.3 Å². The van der Waals surface area contributed by atoms with Crippen LogP contribution < -0.4 is 5.32 Å². The van der Waals surface area contributed by atoms with Crippen molar-refractivity contribution < 1.29 is 9.53 Å². The number of amides is 2. The number of nitrogens with one attached hydrogen (secondary N) is 2. The summed E-state index contributed by atoms with van der Waals surface area (Å²) in [6, 6.07) is 1.74. The van der Waals surface area contributed by atoms with Gasteiger partial charge in [0.2, 0.25) is 0 Å². The molecule has 8 heteroatoms. The van der Waals surface area contributed by atoms with E-state index in [1.54, 1.807) is 24.5 Å². The fourth-order valence-corrected chi connectivity index (χ4v) is 3.25. The van der Waals surface area contributed by atoms with Crippen molar-refractivity contribution in [1.82, 2.24) is 19.9 Å². The van der Waals surface area contributed by atoms with Crippen molar-refractivity contribution in [1.29, 1.82) is 0 Å². The van der Waals surface area contributed by atoms with Crippen molar-refractivity contribution in [2.75, 3.05) is 25.6 Å². The molecule has 2 heterocycles. The maximum Gasteiger partial charge on any atom is 0.322 e. The number of benzene rings is 1. The molecular formula is C17H21N5O2S. The zero-order valence-corrected chi connectivity index (χ0v) is 15.3. The number of aromatic nitrogens is 3. The standard InChI is InChI=1S/C17H21N5O2S/c1-11-12(2)16-14(19-10-20-16)8-13(11)21-17(23)22(5-6-24-3)9-15-18-4-7-25-15/h4,7-8,10H,5-6,9H2,1-3H3,(H,19,20)(H,21,23). The number of urea groups is 1. The smallest absolute Gasteiger partial charge is 0.322 e. The molecule has 0 aliphatic carbocycles. The average Bonchev–Trinajstić information content (AvgIpc) is 3.27. The van der Waals surface area contributed by atoms with E-state index in [1.165, 1.54) is 11.3 Å². The van der Waals surface area contributed by atoms with Crippen molar-refractivity contribution in [2.24, 2.45) is 0 Å². The minimum absolute atomic E-state index is 0.173. The highest BCUT2D eigenvalue weighted by Crippen LogP contribution is 2.26. The fraction of sp³-hybridized carbons (Fsp3) is 0.353. The van der Waals surface area contributed by atoms with Crippen LogP contribution in [0, 0.1) is 13.8 Å². The van der Waals surface area contributed by atoms with Gasteiger partial charge in [-0.1, -0.05) is 0 Å². The van der Waals surface area contributed by atoms with Crippen LogP contribution in [0.15, 0.2) is 24.0 Å². The largest absolute Gasteiger partial charge is 0.383 e. The van der Waals surface area contributed by atoms with Gasteiger partial charge in [-0.25, -0.2) is 14.8 Å². The summed E-state index contributed by atoms with van der Waals surface area (Å²) in [7, 11) is 1.62. The number of hydrogen-bond donors (Lipinski definition) is 2. The van der Waals surface area contributed by atoms with Crippen molar-refractivity contribution in [3.05, 3.63) is 40.1 Å². The van der Waals surface area contributed by atoms with E-state index in [4.69, 9.17) is 4.74 Å². The molecule has 0 unspecified atom stereocenters. The van der Waals surface area contributed by atoms with E-state index in [-0.39, 0.29) is 6.03 Å². The summed E-state index contributed by atoms with van der Waals surface area (Å²) in [5, 5.41) is 5.81. The maximum absolute atomic E-state index is 12.8. The van der Waals surface area contributed by atoms with Gasteiger partial charge in [-0.3, -0.25) is 0 Å². The molecule has 0 spiro atoms. The molecule has 0 fully saturated rings. The lowest BCUT2D eigenvalue weighted by molar-refractivity contribution is 0.152. The normalized spacial score (nSPS) is 11.0. The topological polar surface area (TPSA) is 83.1 Å². The Balaban J connectivity index is 1.81. The summed E-state index contributed by atoms with van der Waals surface area (Å²) >= 11 is 1.53. The molecule has 1 aromatic carbocycles. The molecule has 25 heavy (non-hydrogen) atoms. The van der Waals surface area contributed by atoms with Crippen molar-refractivity contribution >= 4 is 34.1 Å². The highest BCUT2D eigenvalue weighted by molar-refractivity contribution is 7.09. The highest BCUT2D eigenvalue weighted by Gasteiger charge is 2.17. The van der Waals surface area contributed by atoms with Gasteiger partial charge in [-0.2, -0.15) is 0 Å². The first-order valence-electron chi connectivity index (χ1n) is 7.96. The Morgan fingerprint density at radius 1 is 1.36 bits per heavy atom. The molecule has 0 saturated heterocycles. The summed E-state index contributed by atoms with van der Waals surface area (Å²) in [6.45, 7) is 5.41. The molecule has 2 amide bonds. The Kier molecular flexibility index (Phi) is 5.30. The number of carbonyl (C=O) groups excluding carboxylic acids is 1. The van der Waals surface area contributed by atoms with Gasteiger partial charge in [0.25, 0.3) is 0 Å². The van der Waals surface area contributed by atoms with Gasteiger partial charge < -0.3 is 19.9 Å². The van der Waals surface area contributed by atoms with Crippen molar-refractivity contribution in [3.8, 4) is 0 Å². The maximum atomic E-state index is 12.8. The average molecular weight is 359 g/mol. The molecule has 7 nitrogen and oxygen atoms in total. The number of fused-ring (bicyclic) bond motifs is 1. The molecule has 0 atom stereocenters. The van der Waals surface area contributed by atoms with E-state index in [2.05, 4.69) is 20.3 Å². The van der Waals surface area contributed by atoms with Crippen LogP contribution >= 0.6 is 11.3 Å². The molecule has 0 aliphatic heterocycles. The molecule has 2 N–H and O–H groups in total. The van der Waals surface area contributed by atoms with Gasteiger partial charge >= 0.3 is 6.03 Å². The lowest BCUT2D eigenvalue weighted by atomic mass is 10.1. The molecule has 0 saturated carbocycles. The first kappa shape index (κ1) is 17.4. The van der Waals surface area contributed by atoms with Gasteiger partial charge in [0.15, 0.2) is 0 Å². The molecule has 2 aromatic heterocycles. The lowest BCUT2D eigenvalue weighted by Crippen LogP contribution is -2.37. The summed E-state index contributed by atoms with van der Waals surface area (Å²) in [5.74, 6) is 0. The van der Waals surface area contributed by atoms with Crippen LogP contribution in [0.3, 0.4) is 0 Å². The molecule has 3 rings (SSSR count). The van der Waals surface area contributed by atoms with Crippen LogP contribution in [0.5, 0.6) is 0 Å². The number of thiazole rings is 1. The third-order valence-corrected chi connectivity index (χ3v) is 4.95. The summed E-state index contributed by atoms with van der Waals surface area (Å²) in [5.41, 5.74) is 4.67. The summed E-state index contributed by atoms with van der Waals surface area (Å²) < 4.78 is 5.13. The lowest BCUT2D eigenvalue weighted by Gasteiger charge is -2.22. The van der Waals surface area contributed by atoms with Crippen LogP contribution in [0.1, 0.15) is 16.1 Å². The van der Waals surface area contributed by atoms with E-state index >= 15 is 0 Å².